The second kappa shape index (κ2) is 7.13. The van der Waals surface area contributed by atoms with E-state index >= 15 is 0 Å². The lowest BCUT2D eigenvalue weighted by Gasteiger charge is -2.09. The molecule has 0 aliphatic carbocycles. The maximum absolute atomic E-state index is 12.0. The van der Waals surface area contributed by atoms with Gasteiger partial charge in [0.25, 0.3) is 5.91 Å². The minimum absolute atomic E-state index is 0.170. The summed E-state index contributed by atoms with van der Waals surface area (Å²) in [5.74, 6) is -0.454. The normalized spacial score (nSPS) is 10.3. The molecule has 22 heavy (non-hydrogen) atoms. The number of para-hydroxylation sites is 1. The molecule has 4 nitrogen and oxygen atoms in total. The lowest BCUT2D eigenvalue weighted by Crippen LogP contribution is -2.19. The standard InChI is InChI=1S/C17H18N2O2S/c1-11-7-8-13(9-12(11)2)22-10-16(20)19-15-6-4-3-5-14(15)17(18)21/h3-9H,10H2,1-2H3,(H2,18,21)(H,19,20). The molecule has 5 heteroatoms. The molecule has 114 valence electrons. The quantitative estimate of drug-likeness (QED) is 0.833. The van der Waals surface area contributed by atoms with Gasteiger partial charge in [0.05, 0.1) is 17.0 Å². The zero-order chi connectivity index (χ0) is 16.1. The first kappa shape index (κ1) is 16.1. The molecule has 0 radical (unpaired) electrons. The molecule has 0 heterocycles. The molecular weight excluding hydrogens is 296 g/mol. The van der Waals surface area contributed by atoms with Crippen molar-refractivity contribution in [2.75, 3.05) is 11.1 Å². The van der Waals surface area contributed by atoms with Gasteiger partial charge in [-0.3, -0.25) is 9.59 Å². The second-order valence-electron chi connectivity index (χ2n) is 4.99. The van der Waals surface area contributed by atoms with Gasteiger partial charge in [-0.1, -0.05) is 18.2 Å². The number of hydrogen-bond donors (Lipinski definition) is 2. The average molecular weight is 314 g/mol. The van der Waals surface area contributed by atoms with Crippen LogP contribution in [-0.2, 0) is 4.79 Å². The van der Waals surface area contributed by atoms with E-state index in [4.69, 9.17) is 5.73 Å². The third-order valence-electron chi connectivity index (χ3n) is 3.31. The molecule has 2 aromatic rings. The van der Waals surface area contributed by atoms with Gasteiger partial charge < -0.3 is 11.1 Å². The van der Waals surface area contributed by atoms with Crippen LogP contribution in [0.3, 0.4) is 0 Å². The molecule has 2 rings (SSSR count). The summed E-state index contributed by atoms with van der Waals surface area (Å²) >= 11 is 1.46. The number of nitrogens with two attached hydrogens (primary N) is 1. The van der Waals surface area contributed by atoms with Gasteiger partial charge >= 0.3 is 0 Å². The fourth-order valence-corrected chi connectivity index (χ4v) is 2.74. The van der Waals surface area contributed by atoms with Crippen molar-refractivity contribution in [2.45, 2.75) is 18.7 Å². The molecule has 0 bridgehead atoms. The number of aryl methyl sites for hydroxylation is 2. The van der Waals surface area contributed by atoms with E-state index in [-0.39, 0.29) is 11.7 Å². The highest BCUT2D eigenvalue weighted by atomic mass is 32.2. The second-order valence-corrected chi connectivity index (χ2v) is 6.04. The minimum Gasteiger partial charge on any atom is -0.366 e. The van der Waals surface area contributed by atoms with E-state index in [1.54, 1.807) is 24.3 Å². The molecule has 0 aromatic heterocycles. The Balaban J connectivity index is 1.99. The van der Waals surface area contributed by atoms with Crippen LogP contribution >= 0.6 is 11.8 Å². The van der Waals surface area contributed by atoms with Crippen LogP contribution in [0, 0.1) is 13.8 Å². The Bertz CT molecular complexity index is 714. The number of rotatable bonds is 5. The summed E-state index contributed by atoms with van der Waals surface area (Å²) in [7, 11) is 0. The van der Waals surface area contributed by atoms with E-state index in [1.165, 1.54) is 22.9 Å². The fourth-order valence-electron chi connectivity index (χ4n) is 1.95. The maximum atomic E-state index is 12.0. The predicted octanol–water partition coefficient (Wildman–Crippen LogP) is 3.13. The molecule has 0 saturated heterocycles. The highest BCUT2D eigenvalue weighted by Gasteiger charge is 2.10. The molecule has 0 unspecified atom stereocenters. The van der Waals surface area contributed by atoms with Crippen molar-refractivity contribution in [1.82, 2.24) is 0 Å². The third-order valence-corrected chi connectivity index (χ3v) is 4.31. The summed E-state index contributed by atoms with van der Waals surface area (Å²) in [6.45, 7) is 4.10. The zero-order valence-corrected chi connectivity index (χ0v) is 13.4. The number of hydrogen-bond acceptors (Lipinski definition) is 3. The van der Waals surface area contributed by atoms with Crippen LogP contribution in [-0.4, -0.2) is 17.6 Å². The van der Waals surface area contributed by atoms with Crippen molar-refractivity contribution < 1.29 is 9.59 Å². The van der Waals surface area contributed by atoms with Crippen LogP contribution in [0.2, 0.25) is 0 Å². The lowest BCUT2D eigenvalue weighted by atomic mass is 10.1. The SMILES string of the molecule is Cc1ccc(SCC(=O)Nc2ccccc2C(N)=O)cc1C. The smallest absolute Gasteiger partial charge is 0.250 e. The van der Waals surface area contributed by atoms with E-state index in [0.717, 1.165) is 4.90 Å². The van der Waals surface area contributed by atoms with Gasteiger partial charge in [-0.2, -0.15) is 0 Å². The number of primary amides is 1. The van der Waals surface area contributed by atoms with E-state index in [1.807, 2.05) is 19.1 Å². The van der Waals surface area contributed by atoms with Crippen LogP contribution in [0.15, 0.2) is 47.4 Å². The zero-order valence-electron chi connectivity index (χ0n) is 12.6. The van der Waals surface area contributed by atoms with Crippen LogP contribution in [0.4, 0.5) is 5.69 Å². The number of nitrogens with one attached hydrogen (secondary N) is 1. The van der Waals surface area contributed by atoms with Crippen LogP contribution in [0.5, 0.6) is 0 Å². The van der Waals surface area contributed by atoms with Crippen LogP contribution in [0.25, 0.3) is 0 Å². The predicted molar refractivity (Wildman–Crippen MR) is 90.2 cm³/mol. The lowest BCUT2D eigenvalue weighted by molar-refractivity contribution is -0.113. The topological polar surface area (TPSA) is 72.2 Å². The van der Waals surface area contributed by atoms with Crippen molar-refractivity contribution in [3.63, 3.8) is 0 Å². The van der Waals surface area contributed by atoms with Gasteiger partial charge in [0, 0.05) is 4.90 Å². The Morgan fingerprint density at radius 1 is 1.09 bits per heavy atom. The highest BCUT2D eigenvalue weighted by Crippen LogP contribution is 2.22. The van der Waals surface area contributed by atoms with Gasteiger partial charge in [-0.05, 0) is 49.2 Å². The summed E-state index contributed by atoms with van der Waals surface area (Å²) in [5, 5.41) is 2.73. The number of benzene rings is 2. The number of anilines is 1. The third kappa shape index (κ3) is 4.11. The van der Waals surface area contributed by atoms with Gasteiger partial charge in [-0.25, -0.2) is 0 Å². The van der Waals surface area contributed by atoms with Gasteiger partial charge in [0.15, 0.2) is 0 Å². The summed E-state index contributed by atoms with van der Waals surface area (Å²) in [6, 6.07) is 12.8. The van der Waals surface area contributed by atoms with Gasteiger partial charge in [-0.15, -0.1) is 11.8 Å². The molecule has 0 atom stereocenters. The largest absolute Gasteiger partial charge is 0.366 e. The molecular formula is C17H18N2O2S. The Labute approximate surface area is 134 Å². The molecule has 3 N–H and O–H groups in total. The number of amides is 2. The molecule has 0 saturated carbocycles. The first-order valence-electron chi connectivity index (χ1n) is 6.86. The van der Waals surface area contributed by atoms with Crippen molar-refractivity contribution in [3.05, 3.63) is 59.2 Å². The Kier molecular flexibility index (Phi) is 5.22. The van der Waals surface area contributed by atoms with Gasteiger partial charge in [0.2, 0.25) is 5.91 Å². The number of carbonyl (C=O) groups excluding carboxylic acids is 2. The molecule has 2 amide bonds. The van der Waals surface area contributed by atoms with Gasteiger partial charge in [0.1, 0.15) is 0 Å². The van der Waals surface area contributed by atoms with E-state index in [0.29, 0.717) is 11.3 Å². The Morgan fingerprint density at radius 2 is 1.82 bits per heavy atom. The maximum Gasteiger partial charge on any atom is 0.250 e. The van der Waals surface area contributed by atoms with Crippen molar-refractivity contribution >= 4 is 29.3 Å². The minimum atomic E-state index is -0.558. The van der Waals surface area contributed by atoms with Crippen LogP contribution < -0.4 is 11.1 Å². The van der Waals surface area contributed by atoms with E-state index in [2.05, 4.69) is 18.3 Å². The summed E-state index contributed by atoms with van der Waals surface area (Å²) in [4.78, 5) is 24.4. The fraction of sp³-hybridized carbons (Fsp3) is 0.176. The van der Waals surface area contributed by atoms with E-state index < -0.39 is 5.91 Å². The summed E-state index contributed by atoms with van der Waals surface area (Å²) < 4.78 is 0. The summed E-state index contributed by atoms with van der Waals surface area (Å²) in [6.07, 6.45) is 0. The first-order valence-corrected chi connectivity index (χ1v) is 7.84. The molecule has 0 fully saturated rings. The molecule has 0 aliphatic heterocycles. The average Bonchev–Trinajstić information content (AvgIpc) is 2.49. The number of carbonyl (C=O) groups is 2. The molecule has 0 spiro atoms. The molecule has 2 aromatic carbocycles. The van der Waals surface area contributed by atoms with Crippen molar-refractivity contribution in [1.29, 1.82) is 0 Å². The highest BCUT2D eigenvalue weighted by molar-refractivity contribution is 8.00. The van der Waals surface area contributed by atoms with Crippen LogP contribution in [0.1, 0.15) is 21.5 Å². The monoisotopic (exact) mass is 314 g/mol. The first-order chi connectivity index (χ1) is 10.5. The Hall–Kier alpha value is -2.27. The number of thioether (sulfide) groups is 1. The van der Waals surface area contributed by atoms with Crippen molar-refractivity contribution in [3.8, 4) is 0 Å². The summed E-state index contributed by atoms with van der Waals surface area (Å²) in [5.41, 5.74) is 8.47. The molecule has 0 aliphatic rings. The van der Waals surface area contributed by atoms with Crippen molar-refractivity contribution in [2.24, 2.45) is 5.73 Å². The van der Waals surface area contributed by atoms with E-state index in [9.17, 15) is 9.59 Å². The Morgan fingerprint density at radius 3 is 2.50 bits per heavy atom.